The third-order valence-electron chi connectivity index (χ3n) is 2.73. The van der Waals surface area contributed by atoms with E-state index in [1.165, 1.54) is 0 Å². The highest BCUT2D eigenvalue weighted by Gasteiger charge is 2.12. The molecule has 0 aliphatic carbocycles. The zero-order chi connectivity index (χ0) is 15.4. The molecule has 0 aliphatic rings. The lowest BCUT2D eigenvalue weighted by Gasteiger charge is -2.14. The lowest BCUT2D eigenvalue weighted by atomic mass is 10.2. The van der Waals surface area contributed by atoms with Crippen LogP contribution >= 0.6 is 23.2 Å². The van der Waals surface area contributed by atoms with Gasteiger partial charge >= 0.3 is 0 Å². The van der Waals surface area contributed by atoms with E-state index < -0.39 is 0 Å². The molecule has 0 atom stereocenters. The zero-order valence-corrected chi connectivity index (χ0v) is 13.7. The number of hydrogen-bond acceptors (Lipinski definition) is 5. The normalized spacial score (nSPS) is 10.5. The van der Waals surface area contributed by atoms with Gasteiger partial charge in [-0.05, 0) is 24.6 Å². The Morgan fingerprint density at radius 3 is 2.52 bits per heavy atom. The molecule has 1 aromatic heterocycles. The number of halogens is 2. The fraction of sp³-hybridized carbons (Fsp3) is 0.357. The predicted molar refractivity (Wildman–Crippen MR) is 88.4 cm³/mol. The zero-order valence-electron chi connectivity index (χ0n) is 12.2. The maximum Gasteiger partial charge on any atom is 0.230 e. The van der Waals surface area contributed by atoms with Crippen molar-refractivity contribution in [3.8, 4) is 11.4 Å². The summed E-state index contributed by atoms with van der Waals surface area (Å²) in [7, 11) is 3.76. The first kappa shape index (κ1) is 15.8. The molecule has 0 bridgehead atoms. The summed E-state index contributed by atoms with van der Waals surface area (Å²) in [5, 5.41) is 4.26. The summed E-state index contributed by atoms with van der Waals surface area (Å²) in [5.41, 5.74) is 0.728. The molecular weight excluding hydrogens is 309 g/mol. The van der Waals surface area contributed by atoms with Gasteiger partial charge in [0.15, 0.2) is 5.82 Å². The van der Waals surface area contributed by atoms with Crippen LogP contribution in [0.1, 0.15) is 13.3 Å². The van der Waals surface area contributed by atoms with Gasteiger partial charge in [-0.2, -0.15) is 15.0 Å². The summed E-state index contributed by atoms with van der Waals surface area (Å²) in [6.07, 6.45) is 0.986. The van der Waals surface area contributed by atoms with Gasteiger partial charge in [0.1, 0.15) is 0 Å². The van der Waals surface area contributed by atoms with E-state index in [1.54, 1.807) is 12.1 Å². The van der Waals surface area contributed by atoms with Crippen LogP contribution in [0.5, 0.6) is 0 Å². The van der Waals surface area contributed by atoms with E-state index in [9.17, 15) is 0 Å². The molecule has 21 heavy (non-hydrogen) atoms. The van der Waals surface area contributed by atoms with Crippen molar-refractivity contribution in [1.82, 2.24) is 15.0 Å². The number of hydrogen-bond donors (Lipinski definition) is 1. The lowest BCUT2D eigenvalue weighted by Crippen LogP contribution is -2.16. The Bertz CT molecular complexity index is 631. The summed E-state index contributed by atoms with van der Waals surface area (Å²) in [6.45, 7) is 2.88. The standard InChI is InChI=1S/C14H17Cl2N5/c1-4-7-17-13-18-12(19-14(20-13)21(2)3)10-6-5-9(15)8-11(10)16/h5-6,8H,4,7H2,1-3H3,(H,17,18,19,20). The van der Waals surface area contributed by atoms with E-state index in [-0.39, 0.29) is 0 Å². The van der Waals surface area contributed by atoms with Crippen molar-refractivity contribution >= 4 is 35.1 Å². The topological polar surface area (TPSA) is 53.9 Å². The first-order chi connectivity index (χ1) is 10.0. The van der Waals surface area contributed by atoms with Crippen molar-refractivity contribution < 1.29 is 0 Å². The molecule has 0 amide bonds. The van der Waals surface area contributed by atoms with Gasteiger partial charge in [-0.25, -0.2) is 0 Å². The molecule has 1 heterocycles. The molecular formula is C14H17Cl2N5. The van der Waals surface area contributed by atoms with Gasteiger partial charge in [0.2, 0.25) is 11.9 Å². The van der Waals surface area contributed by atoms with Gasteiger partial charge < -0.3 is 10.2 Å². The Hall–Kier alpha value is -1.59. The number of rotatable bonds is 5. The van der Waals surface area contributed by atoms with E-state index in [4.69, 9.17) is 23.2 Å². The molecule has 2 rings (SSSR count). The first-order valence-corrected chi connectivity index (χ1v) is 7.39. The Morgan fingerprint density at radius 1 is 1.14 bits per heavy atom. The first-order valence-electron chi connectivity index (χ1n) is 6.64. The SMILES string of the molecule is CCCNc1nc(-c2ccc(Cl)cc2Cl)nc(N(C)C)n1. The third-order valence-corrected chi connectivity index (χ3v) is 3.28. The van der Waals surface area contributed by atoms with Crippen LogP contribution in [0.25, 0.3) is 11.4 Å². The molecule has 5 nitrogen and oxygen atoms in total. The van der Waals surface area contributed by atoms with Crippen molar-refractivity contribution in [2.24, 2.45) is 0 Å². The summed E-state index contributed by atoms with van der Waals surface area (Å²) in [4.78, 5) is 15.1. The van der Waals surface area contributed by atoms with Gasteiger partial charge in [0.25, 0.3) is 0 Å². The quantitative estimate of drug-likeness (QED) is 0.907. The number of benzene rings is 1. The van der Waals surface area contributed by atoms with Gasteiger partial charge in [-0.1, -0.05) is 30.1 Å². The minimum Gasteiger partial charge on any atom is -0.354 e. The van der Waals surface area contributed by atoms with Crippen molar-refractivity contribution in [3.05, 3.63) is 28.2 Å². The Morgan fingerprint density at radius 2 is 1.90 bits per heavy atom. The van der Waals surface area contributed by atoms with Crippen LogP contribution < -0.4 is 10.2 Å². The van der Waals surface area contributed by atoms with E-state index >= 15 is 0 Å². The summed E-state index contributed by atoms with van der Waals surface area (Å²) in [6, 6.07) is 5.25. The monoisotopic (exact) mass is 325 g/mol. The second-order valence-corrected chi connectivity index (χ2v) is 5.57. The van der Waals surface area contributed by atoms with Gasteiger partial charge in [-0.3, -0.25) is 0 Å². The Labute approximate surface area is 134 Å². The smallest absolute Gasteiger partial charge is 0.230 e. The van der Waals surface area contributed by atoms with E-state index in [1.807, 2.05) is 25.1 Å². The fourth-order valence-electron chi connectivity index (χ4n) is 1.67. The fourth-order valence-corrected chi connectivity index (χ4v) is 2.16. The molecule has 0 saturated carbocycles. The number of nitrogens with zero attached hydrogens (tertiary/aromatic N) is 4. The van der Waals surface area contributed by atoms with Crippen LogP contribution in [0.15, 0.2) is 18.2 Å². The molecule has 0 fully saturated rings. The maximum atomic E-state index is 6.23. The minimum absolute atomic E-state index is 0.514. The second kappa shape index (κ2) is 6.91. The number of aromatic nitrogens is 3. The average molecular weight is 326 g/mol. The van der Waals surface area contributed by atoms with Gasteiger partial charge in [0, 0.05) is 31.2 Å². The Balaban J connectivity index is 2.48. The minimum atomic E-state index is 0.514. The van der Waals surface area contributed by atoms with Crippen LogP contribution in [0, 0.1) is 0 Å². The highest BCUT2D eigenvalue weighted by molar-refractivity contribution is 6.36. The molecule has 7 heteroatoms. The van der Waals surface area contributed by atoms with Crippen LogP contribution in [-0.2, 0) is 0 Å². The molecule has 0 radical (unpaired) electrons. The summed E-state index contributed by atoms with van der Waals surface area (Å²) in [5.74, 6) is 1.63. The van der Waals surface area contributed by atoms with Crippen LogP contribution in [0.4, 0.5) is 11.9 Å². The molecule has 0 aliphatic heterocycles. The van der Waals surface area contributed by atoms with Crippen molar-refractivity contribution in [3.63, 3.8) is 0 Å². The maximum absolute atomic E-state index is 6.23. The second-order valence-electron chi connectivity index (χ2n) is 4.73. The van der Waals surface area contributed by atoms with Crippen molar-refractivity contribution in [2.45, 2.75) is 13.3 Å². The van der Waals surface area contributed by atoms with Crippen molar-refractivity contribution in [2.75, 3.05) is 30.9 Å². The van der Waals surface area contributed by atoms with Gasteiger partial charge in [-0.15, -0.1) is 0 Å². The van der Waals surface area contributed by atoms with Crippen LogP contribution in [-0.4, -0.2) is 35.6 Å². The average Bonchev–Trinajstić information content (AvgIpc) is 2.44. The highest BCUT2D eigenvalue weighted by atomic mass is 35.5. The third kappa shape index (κ3) is 3.95. The molecule has 1 aromatic carbocycles. The molecule has 112 valence electrons. The van der Waals surface area contributed by atoms with E-state index in [0.717, 1.165) is 18.5 Å². The Kier molecular flexibility index (Phi) is 5.20. The predicted octanol–water partition coefficient (Wildman–Crippen LogP) is 3.73. The van der Waals surface area contributed by atoms with E-state index in [0.29, 0.717) is 27.8 Å². The summed E-state index contributed by atoms with van der Waals surface area (Å²) >= 11 is 12.2. The molecule has 0 unspecified atom stereocenters. The lowest BCUT2D eigenvalue weighted by molar-refractivity contribution is 0.920. The highest BCUT2D eigenvalue weighted by Crippen LogP contribution is 2.29. The molecule has 2 aromatic rings. The number of nitrogens with one attached hydrogen (secondary N) is 1. The summed E-state index contributed by atoms with van der Waals surface area (Å²) < 4.78 is 0. The molecule has 1 N–H and O–H groups in total. The number of anilines is 2. The van der Waals surface area contributed by atoms with Gasteiger partial charge in [0.05, 0.1) is 5.02 Å². The molecule has 0 spiro atoms. The largest absolute Gasteiger partial charge is 0.354 e. The van der Waals surface area contributed by atoms with Crippen LogP contribution in [0.3, 0.4) is 0 Å². The van der Waals surface area contributed by atoms with Crippen molar-refractivity contribution in [1.29, 1.82) is 0 Å². The molecule has 0 saturated heterocycles. The van der Waals surface area contributed by atoms with Crippen LogP contribution in [0.2, 0.25) is 10.0 Å². The van der Waals surface area contributed by atoms with E-state index in [2.05, 4.69) is 27.2 Å².